The molecule has 0 aliphatic carbocycles. The Balaban J connectivity index is 1.39. The van der Waals surface area contributed by atoms with E-state index in [4.69, 9.17) is 12.2 Å². The number of halogens is 3. The van der Waals surface area contributed by atoms with Crippen LogP contribution >= 0.6 is 12.2 Å². The van der Waals surface area contributed by atoms with Crippen molar-refractivity contribution in [3.05, 3.63) is 64.3 Å². The maximum Gasteiger partial charge on any atom is 0.417 e. The molecule has 3 aromatic rings. The van der Waals surface area contributed by atoms with Gasteiger partial charge in [-0.15, -0.1) is 0 Å². The summed E-state index contributed by atoms with van der Waals surface area (Å²) in [5.74, 6) is 0.559. The molecule has 1 aromatic carbocycles. The molecular weight excluding hydrogens is 425 g/mol. The number of alkyl halides is 3. The number of anilines is 1. The first-order valence-corrected chi connectivity index (χ1v) is 10.4. The molecule has 1 aliphatic rings. The smallest absolute Gasteiger partial charge is 0.354 e. The fourth-order valence-corrected chi connectivity index (χ4v) is 3.97. The van der Waals surface area contributed by atoms with E-state index in [9.17, 15) is 13.2 Å². The minimum Gasteiger partial charge on any atom is -0.354 e. The van der Waals surface area contributed by atoms with Crippen molar-refractivity contribution in [2.75, 3.05) is 31.1 Å². The summed E-state index contributed by atoms with van der Waals surface area (Å²) in [7, 11) is 0. The fraction of sp³-hybridized carbons (Fsp3) is 0.381. The normalized spacial score (nSPS) is 15.5. The summed E-state index contributed by atoms with van der Waals surface area (Å²) in [6.45, 7) is 7.48. The number of piperazine rings is 1. The summed E-state index contributed by atoms with van der Waals surface area (Å²) < 4.78 is 42.5. The van der Waals surface area contributed by atoms with Crippen LogP contribution in [-0.4, -0.2) is 50.4 Å². The van der Waals surface area contributed by atoms with Gasteiger partial charge in [-0.3, -0.25) is 9.47 Å². The summed E-state index contributed by atoms with van der Waals surface area (Å²) in [6.07, 6.45) is -1.74. The molecule has 0 saturated carbocycles. The van der Waals surface area contributed by atoms with Crippen LogP contribution in [0.15, 0.2) is 42.9 Å². The number of aromatic nitrogens is 4. The van der Waals surface area contributed by atoms with Gasteiger partial charge in [0.05, 0.1) is 17.9 Å². The molecule has 0 N–H and O–H groups in total. The van der Waals surface area contributed by atoms with Crippen LogP contribution in [0.1, 0.15) is 16.7 Å². The van der Waals surface area contributed by atoms with E-state index < -0.39 is 11.7 Å². The average Bonchev–Trinajstić information content (AvgIpc) is 3.08. The highest BCUT2D eigenvalue weighted by Gasteiger charge is 2.31. The van der Waals surface area contributed by atoms with Gasteiger partial charge in [0.1, 0.15) is 12.1 Å². The van der Waals surface area contributed by atoms with Crippen molar-refractivity contribution in [2.45, 2.75) is 26.7 Å². The first kappa shape index (κ1) is 21.5. The maximum absolute atomic E-state index is 12.7. The van der Waals surface area contributed by atoms with Crippen LogP contribution in [0.3, 0.4) is 0 Å². The Labute approximate surface area is 183 Å². The molecular formula is C21H23F3N6S. The second-order valence-corrected chi connectivity index (χ2v) is 8.09. The van der Waals surface area contributed by atoms with Crippen molar-refractivity contribution in [1.29, 1.82) is 0 Å². The second-order valence-electron chi connectivity index (χ2n) is 7.72. The molecule has 10 heteroatoms. The van der Waals surface area contributed by atoms with E-state index in [0.29, 0.717) is 30.3 Å². The van der Waals surface area contributed by atoms with Crippen LogP contribution in [0.25, 0.3) is 5.69 Å². The predicted molar refractivity (Wildman–Crippen MR) is 115 cm³/mol. The number of aryl methyl sites for hydroxylation is 2. The van der Waals surface area contributed by atoms with Gasteiger partial charge in [-0.2, -0.15) is 18.3 Å². The molecule has 1 saturated heterocycles. The van der Waals surface area contributed by atoms with Crippen molar-refractivity contribution in [3.8, 4) is 5.69 Å². The molecule has 4 rings (SSSR count). The summed E-state index contributed by atoms with van der Waals surface area (Å²) in [5, 5.41) is 4.46. The van der Waals surface area contributed by atoms with Gasteiger partial charge in [-0.1, -0.05) is 17.7 Å². The second kappa shape index (κ2) is 8.43. The molecule has 0 bridgehead atoms. The predicted octanol–water partition coefficient (Wildman–Crippen LogP) is 4.21. The molecule has 164 valence electrons. The van der Waals surface area contributed by atoms with Crippen LogP contribution < -0.4 is 4.90 Å². The van der Waals surface area contributed by atoms with E-state index in [0.717, 1.165) is 36.6 Å². The number of benzene rings is 1. The lowest BCUT2D eigenvalue weighted by Crippen LogP contribution is -2.47. The molecule has 6 nitrogen and oxygen atoms in total. The van der Waals surface area contributed by atoms with E-state index in [2.05, 4.69) is 41.0 Å². The largest absolute Gasteiger partial charge is 0.417 e. The highest BCUT2D eigenvalue weighted by Crippen LogP contribution is 2.29. The van der Waals surface area contributed by atoms with Crippen LogP contribution in [0.5, 0.6) is 0 Å². The number of rotatable bonds is 4. The molecule has 3 heterocycles. The molecule has 0 radical (unpaired) electrons. The van der Waals surface area contributed by atoms with Crippen molar-refractivity contribution < 1.29 is 13.2 Å². The topological polar surface area (TPSA) is 42.1 Å². The summed E-state index contributed by atoms with van der Waals surface area (Å²) in [6, 6.07) is 8.72. The number of nitrogens with zero attached hydrogens (tertiary/aromatic N) is 6. The Morgan fingerprint density at radius 3 is 2.39 bits per heavy atom. The summed E-state index contributed by atoms with van der Waals surface area (Å²) in [5.41, 5.74) is 2.61. The lowest BCUT2D eigenvalue weighted by atomic mass is 10.1. The highest BCUT2D eigenvalue weighted by atomic mass is 32.1. The standard InChI is InChI=1S/C21H23F3N6S/c1-15-3-5-18(16(2)11-15)29-13-26-30(20(29)31)14-27-7-9-28(10-8-27)19-6-4-17(12-25-19)21(22,23)24/h3-6,11-13H,7-10,14H2,1-2H3. The van der Waals surface area contributed by atoms with E-state index >= 15 is 0 Å². The minimum absolute atomic E-state index is 0.559. The third-order valence-corrected chi connectivity index (χ3v) is 5.86. The van der Waals surface area contributed by atoms with Crippen molar-refractivity contribution in [2.24, 2.45) is 0 Å². The van der Waals surface area contributed by atoms with E-state index in [1.54, 1.807) is 11.0 Å². The van der Waals surface area contributed by atoms with Crippen molar-refractivity contribution in [3.63, 3.8) is 0 Å². The lowest BCUT2D eigenvalue weighted by molar-refractivity contribution is -0.137. The first-order valence-electron chi connectivity index (χ1n) is 9.95. The molecule has 31 heavy (non-hydrogen) atoms. The zero-order valence-corrected chi connectivity index (χ0v) is 18.1. The summed E-state index contributed by atoms with van der Waals surface area (Å²) >= 11 is 5.63. The molecule has 0 unspecified atom stereocenters. The van der Waals surface area contributed by atoms with Gasteiger partial charge in [-0.05, 0) is 49.8 Å². The molecule has 0 spiro atoms. The van der Waals surface area contributed by atoms with Crippen LogP contribution in [0, 0.1) is 18.6 Å². The number of hydrogen-bond donors (Lipinski definition) is 0. The van der Waals surface area contributed by atoms with Crippen LogP contribution in [0.4, 0.5) is 19.0 Å². The molecule has 1 aliphatic heterocycles. The quantitative estimate of drug-likeness (QED) is 0.560. The first-order chi connectivity index (χ1) is 14.7. The van der Waals surface area contributed by atoms with Crippen molar-refractivity contribution in [1.82, 2.24) is 24.2 Å². The minimum atomic E-state index is -4.37. The van der Waals surface area contributed by atoms with E-state index in [1.807, 2.05) is 15.5 Å². The third-order valence-electron chi connectivity index (χ3n) is 5.45. The van der Waals surface area contributed by atoms with Crippen molar-refractivity contribution >= 4 is 18.0 Å². The van der Waals surface area contributed by atoms with Gasteiger partial charge in [0.2, 0.25) is 4.77 Å². The highest BCUT2D eigenvalue weighted by molar-refractivity contribution is 7.71. The fourth-order valence-electron chi connectivity index (χ4n) is 3.72. The zero-order valence-electron chi connectivity index (χ0n) is 17.3. The molecule has 2 aromatic heterocycles. The van der Waals surface area contributed by atoms with Gasteiger partial charge in [0, 0.05) is 32.4 Å². The average molecular weight is 449 g/mol. The summed E-state index contributed by atoms with van der Waals surface area (Å²) in [4.78, 5) is 8.20. The zero-order chi connectivity index (χ0) is 22.2. The SMILES string of the molecule is Cc1ccc(-n2cnn(CN3CCN(c4ccc(C(F)(F)F)cn4)CC3)c2=S)c(C)c1. The lowest BCUT2D eigenvalue weighted by Gasteiger charge is -2.35. The molecule has 1 fully saturated rings. The van der Waals surface area contributed by atoms with Gasteiger partial charge < -0.3 is 4.90 Å². The van der Waals surface area contributed by atoms with E-state index in [-0.39, 0.29) is 0 Å². The number of hydrogen-bond acceptors (Lipinski definition) is 5. The molecule has 0 atom stereocenters. The Morgan fingerprint density at radius 1 is 1.03 bits per heavy atom. The van der Waals surface area contributed by atoms with Gasteiger partial charge in [0.25, 0.3) is 0 Å². The van der Waals surface area contributed by atoms with Crippen LogP contribution in [-0.2, 0) is 12.8 Å². The Bertz CT molecular complexity index is 1110. The Kier molecular flexibility index (Phi) is 5.85. The van der Waals surface area contributed by atoms with Gasteiger partial charge >= 0.3 is 6.18 Å². The maximum atomic E-state index is 12.7. The van der Waals surface area contributed by atoms with E-state index in [1.165, 1.54) is 11.6 Å². The van der Waals surface area contributed by atoms with Gasteiger partial charge in [-0.25, -0.2) is 9.67 Å². The third kappa shape index (κ3) is 4.64. The van der Waals surface area contributed by atoms with Crippen LogP contribution in [0.2, 0.25) is 0 Å². The van der Waals surface area contributed by atoms with Gasteiger partial charge in [0.15, 0.2) is 0 Å². The molecule has 0 amide bonds. The monoisotopic (exact) mass is 448 g/mol. The Hall–Kier alpha value is -2.72. The number of pyridine rings is 1. The Morgan fingerprint density at radius 2 is 1.77 bits per heavy atom.